The van der Waals surface area contributed by atoms with Gasteiger partial charge in [0, 0.05) is 32.6 Å². The van der Waals surface area contributed by atoms with Gasteiger partial charge in [0.05, 0.1) is 11.5 Å². The van der Waals surface area contributed by atoms with Crippen LogP contribution in [0.5, 0.6) is 0 Å². The lowest BCUT2D eigenvalue weighted by Gasteiger charge is -2.35. The number of carbonyl (C=O) groups excluding carboxylic acids is 1. The fraction of sp³-hybridized carbons (Fsp3) is 0.889. The van der Waals surface area contributed by atoms with Crippen LogP contribution < -0.4 is 5.32 Å². The molecule has 2 aliphatic rings. The molecule has 74 valence electrons. The lowest BCUT2D eigenvalue weighted by atomic mass is 9.80. The molecule has 2 rings (SSSR count). The van der Waals surface area contributed by atoms with Crippen LogP contribution in [0.1, 0.15) is 19.3 Å². The molecule has 2 heterocycles. The third-order valence-electron chi connectivity index (χ3n) is 3.06. The van der Waals surface area contributed by atoms with E-state index in [0.29, 0.717) is 32.6 Å². The molecule has 0 aromatic carbocycles. The number of hydrogen-bond acceptors (Lipinski definition) is 3. The highest BCUT2D eigenvalue weighted by molar-refractivity contribution is 5.81. The van der Waals surface area contributed by atoms with E-state index in [1.807, 2.05) is 0 Å². The molecular formula is C9H15NO3. The van der Waals surface area contributed by atoms with Crippen molar-refractivity contribution >= 4 is 5.91 Å². The second kappa shape index (κ2) is 3.27. The van der Waals surface area contributed by atoms with E-state index in [2.05, 4.69) is 5.32 Å². The Balaban J connectivity index is 2.07. The highest BCUT2D eigenvalue weighted by atomic mass is 16.5. The quantitative estimate of drug-likeness (QED) is 0.588. The number of rotatable bonds is 1. The highest BCUT2D eigenvalue weighted by Gasteiger charge is 2.44. The van der Waals surface area contributed by atoms with E-state index < -0.39 is 5.60 Å². The monoisotopic (exact) mass is 185 g/mol. The van der Waals surface area contributed by atoms with Crippen LogP contribution in [0.3, 0.4) is 0 Å². The number of nitrogens with one attached hydrogen (secondary N) is 1. The first-order chi connectivity index (χ1) is 6.22. The Morgan fingerprint density at radius 3 is 2.69 bits per heavy atom. The molecule has 0 saturated carbocycles. The molecule has 2 fully saturated rings. The molecule has 0 aromatic rings. The first-order valence-electron chi connectivity index (χ1n) is 4.80. The minimum Gasteiger partial charge on any atom is -0.389 e. The third kappa shape index (κ3) is 1.56. The largest absolute Gasteiger partial charge is 0.389 e. The van der Waals surface area contributed by atoms with Gasteiger partial charge in [0.2, 0.25) is 5.91 Å². The van der Waals surface area contributed by atoms with Crippen molar-refractivity contribution in [3.8, 4) is 0 Å². The van der Waals surface area contributed by atoms with Crippen molar-refractivity contribution in [2.24, 2.45) is 5.92 Å². The molecule has 2 aliphatic heterocycles. The molecule has 4 nitrogen and oxygen atoms in total. The minimum absolute atomic E-state index is 0.00407. The lowest BCUT2D eigenvalue weighted by Crippen LogP contribution is -2.46. The summed E-state index contributed by atoms with van der Waals surface area (Å²) in [5.74, 6) is -0.208. The Hall–Kier alpha value is -0.610. The molecule has 4 heteroatoms. The number of hydrogen-bond donors (Lipinski definition) is 2. The fourth-order valence-electron chi connectivity index (χ4n) is 2.18. The molecule has 0 aromatic heterocycles. The van der Waals surface area contributed by atoms with Gasteiger partial charge in [-0.15, -0.1) is 0 Å². The number of amides is 1. The van der Waals surface area contributed by atoms with Gasteiger partial charge in [-0.05, 0) is 6.42 Å². The third-order valence-corrected chi connectivity index (χ3v) is 3.06. The summed E-state index contributed by atoms with van der Waals surface area (Å²) >= 11 is 0. The van der Waals surface area contributed by atoms with E-state index in [4.69, 9.17) is 4.74 Å². The number of ether oxygens (including phenoxy) is 1. The van der Waals surface area contributed by atoms with E-state index in [1.165, 1.54) is 0 Å². The normalized spacial score (nSPS) is 33.0. The summed E-state index contributed by atoms with van der Waals surface area (Å²) in [6.07, 6.45) is 1.94. The highest BCUT2D eigenvalue weighted by Crippen LogP contribution is 2.33. The average molecular weight is 185 g/mol. The average Bonchev–Trinajstić information content (AvgIpc) is 2.53. The summed E-state index contributed by atoms with van der Waals surface area (Å²) in [5.41, 5.74) is -0.807. The summed E-state index contributed by atoms with van der Waals surface area (Å²) in [6, 6.07) is 0. The first kappa shape index (κ1) is 8.97. The van der Waals surface area contributed by atoms with Crippen molar-refractivity contribution in [2.75, 3.05) is 19.8 Å². The predicted molar refractivity (Wildman–Crippen MR) is 46.1 cm³/mol. The summed E-state index contributed by atoms with van der Waals surface area (Å²) in [4.78, 5) is 11.4. The zero-order valence-corrected chi connectivity index (χ0v) is 7.58. The van der Waals surface area contributed by atoms with Gasteiger partial charge in [-0.3, -0.25) is 4.79 Å². The number of aliphatic hydroxyl groups is 1. The Morgan fingerprint density at radius 1 is 1.46 bits per heavy atom. The van der Waals surface area contributed by atoms with Crippen molar-refractivity contribution < 1.29 is 14.6 Å². The molecule has 2 N–H and O–H groups in total. The van der Waals surface area contributed by atoms with Crippen LogP contribution in [0.4, 0.5) is 0 Å². The van der Waals surface area contributed by atoms with Gasteiger partial charge in [-0.25, -0.2) is 0 Å². The van der Waals surface area contributed by atoms with E-state index in [1.54, 1.807) is 0 Å². The predicted octanol–water partition coefficient (Wildman–Crippen LogP) is -0.336. The van der Waals surface area contributed by atoms with Crippen LogP contribution in [0.2, 0.25) is 0 Å². The maximum atomic E-state index is 11.4. The van der Waals surface area contributed by atoms with Crippen LogP contribution >= 0.6 is 0 Å². The van der Waals surface area contributed by atoms with Gasteiger partial charge in [-0.1, -0.05) is 0 Å². The van der Waals surface area contributed by atoms with Crippen molar-refractivity contribution in [2.45, 2.75) is 24.9 Å². The fourth-order valence-corrected chi connectivity index (χ4v) is 2.18. The van der Waals surface area contributed by atoms with Crippen LogP contribution in [-0.2, 0) is 9.53 Å². The zero-order valence-electron chi connectivity index (χ0n) is 7.58. The van der Waals surface area contributed by atoms with Gasteiger partial charge >= 0.3 is 0 Å². The summed E-state index contributed by atoms with van der Waals surface area (Å²) in [5, 5.41) is 13.0. The van der Waals surface area contributed by atoms with Crippen LogP contribution in [-0.4, -0.2) is 36.4 Å². The molecule has 0 radical (unpaired) electrons. The maximum absolute atomic E-state index is 11.4. The van der Waals surface area contributed by atoms with Gasteiger partial charge in [-0.2, -0.15) is 0 Å². The molecule has 0 aliphatic carbocycles. The van der Waals surface area contributed by atoms with Gasteiger partial charge in [0.25, 0.3) is 0 Å². The minimum atomic E-state index is -0.807. The Labute approximate surface area is 77.3 Å². The Kier molecular flexibility index (Phi) is 2.26. The van der Waals surface area contributed by atoms with Crippen LogP contribution in [0.25, 0.3) is 0 Å². The standard InChI is InChI=1S/C9H15NO3/c11-8-7(1-4-10-8)9(12)2-5-13-6-3-9/h7,12H,1-6H2,(H,10,11)/t7-/m1/s1. The molecule has 0 unspecified atom stereocenters. The molecule has 0 bridgehead atoms. The number of carbonyl (C=O) groups is 1. The summed E-state index contributed by atoms with van der Waals surface area (Å²) in [6.45, 7) is 1.84. The second-order valence-corrected chi connectivity index (χ2v) is 3.85. The molecule has 13 heavy (non-hydrogen) atoms. The van der Waals surface area contributed by atoms with Gasteiger partial charge in [0.15, 0.2) is 0 Å². The van der Waals surface area contributed by atoms with Crippen molar-refractivity contribution in [1.82, 2.24) is 5.32 Å². The van der Waals surface area contributed by atoms with Crippen molar-refractivity contribution in [3.05, 3.63) is 0 Å². The van der Waals surface area contributed by atoms with E-state index in [9.17, 15) is 9.90 Å². The summed E-state index contributed by atoms with van der Waals surface area (Å²) in [7, 11) is 0. The van der Waals surface area contributed by atoms with Crippen LogP contribution in [0.15, 0.2) is 0 Å². The van der Waals surface area contributed by atoms with E-state index >= 15 is 0 Å². The molecule has 1 amide bonds. The Bertz CT molecular complexity index is 211. The van der Waals surface area contributed by atoms with Gasteiger partial charge < -0.3 is 15.2 Å². The zero-order chi connectivity index (χ0) is 9.31. The molecular weight excluding hydrogens is 170 g/mol. The first-order valence-corrected chi connectivity index (χ1v) is 4.80. The lowest BCUT2D eigenvalue weighted by molar-refractivity contribution is -0.139. The molecule has 2 saturated heterocycles. The van der Waals surface area contributed by atoms with Crippen LogP contribution in [0, 0.1) is 5.92 Å². The maximum Gasteiger partial charge on any atom is 0.226 e. The van der Waals surface area contributed by atoms with E-state index in [0.717, 1.165) is 6.42 Å². The second-order valence-electron chi connectivity index (χ2n) is 3.85. The van der Waals surface area contributed by atoms with Gasteiger partial charge in [0.1, 0.15) is 0 Å². The topological polar surface area (TPSA) is 58.6 Å². The smallest absolute Gasteiger partial charge is 0.226 e. The van der Waals surface area contributed by atoms with E-state index in [-0.39, 0.29) is 11.8 Å². The van der Waals surface area contributed by atoms with Crippen molar-refractivity contribution in [3.63, 3.8) is 0 Å². The van der Waals surface area contributed by atoms with Crippen molar-refractivity contribution in [1.29, 1.82) is 0 Å². The molecule has 1 atom stereocenters. The Morgan fingerprint density at radius 2 is 2.15 bits per heavy atom. The molecule has 0 spiro atoms. The SMILES string of the molecule is O=C1NCC[C@H]1C1(O)CCOCC1. The summed E-state index contributed by atoms with van der Waals surface area (Å²) < 4.78 is 5.17.